The Hall–Kier alpha value is -2.02. The van der Waals surface area contributed by atoms with E-state index in [0.717, 1.165) is 20.8 Å². The molecule has 0 aliphatic carbocycles. The molecule has 4 nitrogen and oxygen atoms in total. The molecule has 25 heavy (non-hydrogen) atoms. The third kappa shape index (κ3) is 4.75. The number of hydrogen-bond acceptors (Lipinski definition) is 3. The van der Waals surface area contributed by atoms with Crippen LogP contribution >= 0.6 is 11.3 Å². The monoisotopic (exact) mass is 374 g/mol. The van der Waals surface area contributed by atoms with E-state index in [1.807, 2.05) is 18.2 Å². The standard InChI is InChI=1S/C19H19NO3S2/c1-15-7-9-16(10-8-15)11-12-19-20(13-4-14-25(21,22)23)17-5-2-3-6-18(17)24-19/h2-3,5-12H,4,13-14H2,1H3/p+1. The van der Waals surface area contributed by atoms with Crippen molar-refractivity contribution in [2.24, 2.45) is 0 Å². The second-order valence-corrected chi connectivity index (χ2v) is 8.58. The van der Waals surface area contributed by atoms with Gasteiger partial charge in [0.2, 0.25) is 5.52 Å². The molecule has 0 unspecified atom stereocenters. The van der Waals surface area contributed by atoms with Crippen molar-refractivity contribution in [3.63, 3.8) is 0 Å². The molecular weight excluding hydrogens is 354 g/mol. The highest BCUT2D eigenvalue weighted by atomic mass is 32.2. The lowest BCUT2D eigenvalue weighted by atomic mass is 10.1. The number of nitrogens with zero attached hydrogens (tertiary/aromatic N) is 1. The van der Waals surface area contributed by atoms with Crippen molar-refractivity contribution < 1.29 is 17.5 Å². The Kier molecular flexibility index (Phi) is 5.32. The Morgan fingerprint density at radius 1 is 1.08 bits per heavy atom. The molecule has 6 heteroatoms. The molecule has 2 aromatic carbocycles. The van der Waals surface area contributed by atoms with Crippen LogP contribution in [0.15, 0.2) is 48.5 Å². The number of para-hydroxylation sites is 1. The summed E-state index contributed by atoms with van der Waals surface area (Å²) in [5.74, 6) is -0.231. The minimum Gasteiger partial charge on any atom is -0.286 e. The summed E-state index contributed by atoms with van der Waals surface area (Å²) in [6.45, 7) is 2.60. The molecule has 0 aliphatic rings. The smallest absolute Gasteiger partial charge is 0.265 e. The molecule has 0 spiro atoms. The largest absolute Gasteiger partial charge is 0.286 e. The molecule has 0 atom stereocenters. The van der Waals surface area contributed by atoms with Gasteiger partial charge in [0.1, 0.15) is 4.70 Å². The molecule has 1 heterocycles. The zero-order valence-corrected chi connectivity index (χ0v) is 15.6. The summed E-state index contributed by atoms with van der Waals surface area (Å²) in [4.78, 5) is 0. The molecule has 0 fully saturated rings. The van der Waals surface area contributed by atoms with Gasteiger partial charge in [0.15, 0.2) is 6.54 Å². The molecule has 0 bridgehead atoms. The van der Waals surface area contributed by atoms with E-state index in [1.165, 1.54) is 5.56 Å². The van der Waals surface area contributed by atoms with Crippen molar-refractivity contribution in [2.45, 2.75) is 19.9 Å². The van der Waals surface area contributed by atoms with Crippen LogP contribution in [0, 0.1) is 6.92 Å². The van der Waals surface area contributed by atoms with Gasteiger partial charge in [0.05, 0.1) is 5.75 Å². The molecule has 1 aromatic heterocycles. The van der Waals surface area contributed by atoms with Crippen molar-refractivity contribution in [3.05, 3.63) is 64.7 Å². The lowest BCUT2D eigenvalue weighted by Crippen LogP contribution is -2.35. The molecule has 0 amide bonds. The van der Waals surface area contributed by atoms with Gasteiger partial charge in [0.25, 0.3) is 15.1 Å². The van der Waals surface area contributed by atoms with Crippen LogP contribution in [0.1, 0.15) is 22.6 Å². The Bertz CT molecular complexity index is 1000. The van der Waals surface area contributed by atoms with Crippen LogP contribution in [0.2, 0.25) is 0 Å². The topological polar surface area (TPSA) is 58.2 Å². The lowest BCUT2D eigenvalue weighted by molar-refractivity contribution is -0.668. The van der Waals surface area contributed by atoms with E-state index in [-0.39, 0.29) is 5.75 Å². The quantitative estimate of drug-likeness (QED) is 0.525. The average molecular weight is 375 g/mol. The SMILES string of the molecule is Cc1ccc(C=Cc2sc3ccccc3[n+]2CCCS(=O)(=O)O)cc1. The van der Waals surface area contributed by atoms with Crippen LogP contribution < -0.4 is 4.57 Å². The summed E-state index contributed by atoms with van der Waals surface area (Å²) in [6.07, 6.45) is 4.49. The van der Waals surface area contributed by atoms with E-state index in [4.69, 9.17) is 4.55 Å². The molecule has 0 aliphatic heterocycles. The van der Waals surface area contributed by atoms with Crippen molar-refractivity contribution in [1.29, 1.82) is 0 Å². The molecular formula is C19H20NO3S2+. The van der Waals surface area contributed by atoms with Crippen LogP contribution in [0.3, 0.4) is 0 Å². The van der Waals surface area contributed by atoms with Gasteiger partial charge in [-0.15, -0.1) is 0 Å². The number of benzene rings is 2. The highest BCUT2D eigenvalue weighted by molar-refractivity contribution is 7.85. The molecule has 3 rings (SSSR count). The van der Waals surface area contributed by atoms with Crippen molar-refractivity contribution in [3.8, 4) is 0 Å². The first-order valence-corrected chi connectivity index (χ1v) is 10.5. The average Bonchev–Trinajstić information content (AvgIpc) is 2.91. The zero-order valence-electron chi connectivity index (χ0n) is 13.9. The number of aromatic nitrogens is 1. The van der Waals surface area contributed by atoms with Gasteiger partial charge >= 0.3 is 0 Å². The van der Waals surface area contributed by atoms with Gasteiger partial charge in [-0.1, -0.05) is 53.3 Å². The minimum atomic E-state index is -3.93. The third-order valence-corrected chi connectivity index (χ3v) is 5.85. The fourth-order valence-corrected chi connectivity index (χ4v) is 4.24. The molecule has 0 saturated heterocycles. The summed E-state index contributed by atoms with van der Waals surface area (Å²) in [6, 6.07) is 16.3. The zero-order chi connectivity index (χ0) is 17.9. The van der Waals surface area contributed by atoms with Crippen LogP contribution in [0.5, 0.6) is 0 Å². The van der Waals surface area contributed by atoms with E-state index in [0.29, 0.717) is 13.0 Å². The van der Waals surface area contributed by atoms with E-state index in [9.17, 15) is 8.42 Å². The van der Waals surface area contributed by atoms with Crippen LogP contribution in [0.4, 0.5) is 0 Å². The highest BCUT2D eigenvalue weighted by Gasteiger charge is 2.18. The summed E-state index contributed by atoms with van der Waals surface area (Å²) < 4.78 is 34.2. The summed E-state index contributed by atoms with van der Waals surface area (Å²) in [7, 11) is -3.93. The third-order valence-electron chi connectivity index (χ3n) is 3.92. The maximum Gasteiger partial charge on any atom is 0.265 e. The van der Waals surface area contributed by atoms with Gasteiger partial charge in [-0.05, 0) is 24.6 Å². The first kappa shape index (κ1) is 17.8. The second kappa shape index (κ2) is 7.47. The van der Waals surface area contributed by atoms with Gasteiger partial charge in [-0.3, -0.25) is 4.55 Å². The Morgan fingerprint density at radius 2 is 1.80 bits per heavy atom. The fraction of sp³-hybridized carbons (Fsp3) is 0.211. The number of thiazole rings is 1. The van der Waals surface area contributed by atoms with Gasteiger partial charge in [-0.25, -0.2) is 0 Å². The van der Waals surface area contributed by atoms with E-state index >= 15 is 0 Å². The number of hydrogen-bond donors (Lipinski definition) is 1. The van der Waals surface area contributed by atoms with Gasteiger partial charge < -0.3 is 0 Å². The Morgan fingerprint density at radius 3 is 2.52 bits per heavy atom. The van der Waals surface area contributed by atoms with Crippen molar-refractivity contribution in [1.82, 2.24) is 0 Å². The van der Waals surface area contributed by atoms with Gasteiger partial charge in [0, 0.05) is 18.6 Å². The number of rotatable bonds is 6. The van der Waals surface area contributed by atoms with Crippen LogP contribution in [0.25, 0.3) is 22.4 Å². The summed E-state index contributed by atoms with van der Waals surface area (Å²) >= 11 is 1.67. The molecule has 0 saturated carbocycles. The van der Waals surface area contributed by atoms with Crippen molar-refractivity contribution >= 4 is 43.8 Å². The van der Waals surface area contributed by atoms with Crippen LogP contribution in [-0.2, 0) is 16.7 Å². The van der Waals surface area contributed by atoms with Crippen LogP contribution in [-0.4, -0.2) is 18.7 Å². The highest BCUT2D eigenvalue weighted by Crippen LogP contribution is 2.22. The fourth-order valence-electron chi connectivity index (χ4n) is 2.66. The summed E-state index contributed by atoms with van der Waals surface area (Å²) in [5.41, 5.74) is 3.42. The first-order valence-electron chi connectivity index (χ1n) is 8.04. The molecule has 0 radical (unpaired) electrons. The van der Waals surface area contributed by atoms with E-state index < -0.39 is 10.1 Å². The summed E-state index contributed by atoms with van der Waals surface area (Å²) in [5, 5.41) is 1.05. The van der Waals surface area contributed by atoms with E-state index in [1.54, 1.807) is 11.3 Å². The molecule has 1 N–H and O–H groups in total. The number of fused-ring (bicyclic) bond motifs is 1. The van der Waals surface area contributed by atoms with Crippen molar-refractivity contribution in [2.75, 3.05) is 5.75 Å². The minimum absolute atomic E-state index is 0.231. The maximum atomic E-state index is 11.0. The lowest BCUT2D eigenvalue weighted by Gasteiger charge is -1.98. The second-order valence-electron chi connectivity index (χ2n) is 5.94. The Balaban J connectivity index is 1.90. The van der Waals surface area contributed by atoms with E-state index in [2.05, 4.69) is 54.0 Å². The first-order chi connectivity index (χ1) is 11.9. The Labute approximate surface area is 151 Å². The predicted molar refractivity (Wildman–Crippen MR) is 103 cm³/mol. The van der Waals surface area contributed by atoms with Gasteiger partial charge in [-0.2, -0.15) is 13.0 Å². The number of aryl methyl sites for hydroxylation is 2. The molecule has 3 aromatic rings. The maximum absolute atomic E-state index is 11.0. The normalized spacial score (nSPS) is 12.2. The predicted octanol–water partition coefficient (Wildman–Crippen LogP) is 3.95. The molecule has 130 valence electrons.